The second-order valence-corrected chi connectivity index (χ2v) is 10.4. The average molecular weight is 424 g/mol. The number of carbonyl (C=O) groups is 1. The molecule has 8 nitrogen and oxygen atoms in total. The SMILES string of the molecule is CN1CCN(S(=O)(=O)c2ccc(SCC(=O)N[C@](C)(C#N)C3CC3)nc2)CC1. The summed E-state index contributed by atoms with van der Waals surface area (Å²) >= 11 is 1.22. The number of hydrogen-bond acceptors (Lipinski definition) is 7. The number of sulfonamides is 1. The molecule has 152 valence electrons. The Labute approximate surface area is 170 Å². The van der Waals surface area contributed by atoms with Crippen LogP contribution in [0.2, 0.25) is 0 Å². The van der Waals surface area contributed by atoms with Gasteiger partial charge in [0.25, 0.3) is 0 Å². The molecule has 3 rings (SSSR count). The number of aromatic nitrogens is 1. The first-order chi connectivity index (χ1) is 13.2. The molecule has 1 saturated carbocycles. The minimum atomic E-state index is -3.54. The van der Waals surface area contributed by atoms with Crippen molar-refractivity contribution in [2.75, 3.05) is 39.0 Å². The Morgan fingerprint density at radius 2 is 2.04 bits per heavy atom. The normalized spacial score (nSPS) is 20.9. The van der Waals surface area contributed by atoms with Gasteiger partial charge in [0.1, 0.15) is 10.4 Å². The van der Waals surface area contributed by atoms with Crippen LogP contribution < -0.4 is 5.32 Å². The maximum absolute atomic E-state index is 12.7. The number of hydrogen-bond donors (Lipinski definition) is 1. The predicted octanol–water partition coefficient (Wildman–Crippen LogP) is 0.918. The summed E-state index contributed by atoms with van der Waals surface area (Å²) < 4.78 is 26.9. The van der Waals surface area contributed by atoms with E-state index in [0.717, 1.165) is 12.8 Å². The number of nitriles is 1. The van der Waals surface area contributed by atoms with Crippen molar-refractivity contribution >= 4 is 27.7 Å². The van der Waals surface area contributed by atoms with Crippen LogP contribution >= 0.6 is 11.8 Å². The molecule has 1 aromatic heterocycles. The summed E-state index contributed by atoms with van der Waals surface area (Å²) in [5, 5.41) is 12.7. The second-order valence-electron chi connectivity index (χ2n) is 7.46. The molecule has 1 amide bonds. The Balaban J connectivity index is 1.56. The van der Waals surface area contributed by atoms with Crippen molar-refractivity contribution < 1.29 is 13.2 Å². The van der Waals surface area contributed by atoms with Crippen LogP contribution in [0.3, 0.4) is 0 Å². The summed E-state index contributed by atoms with van der Waals surface area (Å²) in [4.78, 5) is 18.6. The fourth-order valence-electron chi connectivity index (χ4n) is 3.13. The van der Waals surface area contributed by atoms with E-state index in [4.69, 9.17) is 0 Å². The summed E-state index contributed by atoms with van der Waals surface area (Å²) in [6.07, 6.45) is 3.27. The topological polar surface area (TPSA) is 106 Å². The fourth-order valence-corrected chi connectivity index (χ4v) is 5.14. The van der Waals surface area contributed by atoms with Gasteiger partial charge in [0.15, 0.2) is 0 Å². The molecule has 1 aromatic rings. The van der Waals surface area contributed by atoms with Crippen LogP contribution in [0.4, 0.5) is 0 Å². The molecule has 0 radical (unpaired) electrons. The molecule has 10 heteroatoms. The van der Waals surface area contributed by atoms with Gasteiger partial charge in [-0.1, -0.05) is 11.8 Å². The number of piperazine rings is 1. The Bertz CT molecular complexity index is 856. The number of pyridine rings is 1. The molecule has 0 bridgehead atoms. The first-order valence-corrected chi connectivity index (χ1v) is 11.7. The lowest BCUT2D eigenvalue weighted by Crippen LogP contribution is -2.47. The maximum Gasteiger partial charge on any atom is 0.244 e. The van der Waals surface area contributed by atoms with Crippen LogP contribution in [-0.2, 0) is 14.8 Å². The number of carbonyl (C=O) groups excluding carboxylic acids is 1. The second kappa shape index (κ2) is 8.37. The smallest absolute Gasteiger partial charge is 0.244 e. The van der Waals surface area contributed by atoms with Crippen molar-refractivity contribution in [3.8, 4) is 6.07 Å². The van der Waals surface area contributed by atoms with Crippen LogP contribution in [0.15, 0.2) is 28.3 Å². The molecule has 1 saturated heterocycles. The third-order valence-electron chi connectivity index (χ3n) is 5.19. The van der Waals surface area contributed by atoms with Gasteiger partial charge in [-0.15, -0.1) is 0 Å². The highest BCUT2D eigenvalue weighted by atomic mass is 32.2. The minimum absolute atomic E-state index is 0.127. The molecule has 28 heavy (non-hydrogen) atoms. The third-order valence-corrected chi connectivity index (χ3v) is 8.01. The number of nitrogens with zero attached hydrogens (tertiary/aromatic N) is 4. The number of thioether (sulfide) groups is 1. The number of amides is 1. The summed E-state index contributed by atoms with van der Waals surface area (Å²) in [5.41, 5.74) is -0.814. The third kappa shape index (κ3) is 4.84. The molecule has 1 aliphatic heterocycles. The minimum Gasteiger partial charge on any atom is -0.337 e. The van der Waals surface area contributed by atoms with E-state index in [2.05, 4.69) is 21.3 Å². The molecule has 2 aliphatic rings. The van der Waals surface area contributed by atoms with Gasteiger partial charge in [-0.2, -0.15) is 9.57 Å². The summed E-state index contributed by atoms with van der Waals surface area (Å²) in [6, 6.07) is 5.34. The van der Waals surface area contributed by atoms with E-state index in [1.165, 1.54) is 28.3 Å². The molecular formula is C18H25N5O3S2. The van der Waals surface area contributed by atoms with Gasteiger partial charge in [0.05, 0.1) is 16.8 Å². The highest BCUT2D eigenvalue weighted by Crippen LogP contribution is 2.39. The quantitative estimate of drug-likeness (QED) is 0.650. The molecule has 1 N–H and O–H groups in total. The summed E-state index contributed by atoms with van der Waals surface area (Å²) in [5.74, 6) is 0.127. The Kier molecular flexibility index (Phi) is 6.29. The first-order valence-electron chi connectivity index (χ1n) is 9.24. The monoisotopic (exact) mass is 423 g/mol. The van der Waals surface area contributed by atoms with Crippen LogP contribution in [0, 0.1) is 17.2 Å². The average Bonchev–Trinajstić information content (AvgIpc) is 3.53. The van der Waals surface area contributed by atoms with Gasteiger partial charge in [-0.3, -0.25) is 4.79 Å². The zero-order valence-electron chi connectivity index (χ0n) is 16.1. The lowest BCUT2D eigenvalue weighted by Gasteiger charge is -2.31. The lowest BCUT2D eigenvalue weighted by atomic mass is 9.98. The Morgan fingerprint density at radius 1 is 1.36 bits per heavy atom. The van der Waals surface area contributed by atoms with E-state index in [9.17, 15) is 18.5 Å². The van der Waals surface area contributed by atoms with Crippen molar-refractivity contribution in [3.63, 3.8) is 0 Å². The Morgan fingerprint density at radius 3 is 2.57 bits per heavy atom. The van der Waals surface area contributed by atoms with Gasteiger partial charge < -0.3 is 10.2 Å². The van der Waals surface area contributed by atoms with Gasteiger partial charge in [-0.05, 0) is 44.9 Å². The highest BCUT2D eigenvalue weighted by Gasteiger charge is 2.42. The standard InChI is InChI=1S/C18H25N5O3S2/c1-18(13-19,14-3-4-14)21-16(24)12-27-17-6-5-15(11-20-17)28(25,26)23-9-7-22(2)8-10-23/h5-6,11,14H,3-4,7-10,12H2,1-2H3,(H,21,24)/t18-/m1/s1. The van der Waals surface area contributed by atoms with Crippen molar-refractivity contribution in [2.24, 2.45) is 5.92 Å². The van der Waals surface area contributed by atoms with Crippen LogP contribution in [0.25, 0.3) is 0 Å². The molecule has 0 unspecified atom stereocenters. The van der Waals surface area contributed by atoms with Gasteiger partial charge in [0, 0.05) is 32.4 Å². The van der Waals surface area contributed by atoms with Gasteiger partial charge in [-0.25, -0.2) is 13.4 Å². The molecule has 0 spiro atoms. The summed E-state index contributed by atoms with van der Waals surface area (Å²) in [7, 11) is -1.57. The largest absolute Gasteiger partial charge is 0.337 e. The van der Waals surface area contributed by atoms with Crippen molar-refractivity contribution in [1.82, 2.24) is 19.5 Å². The van der Waals surface area contributed by atoms with E-state index in [0.29, 0.717) is 31.2 Å². The molecule has 1 atom stereocenters. The number of likely N-dealkylation sites (N-methyl/N-ethyl adjacent to an activating group) is 1. The van der Waals surface area contributed by atoms with Crippen molar-refractivity contribution in [3.05, 3.63) is 18.3 Å². The maximum atomic E-state index is 12.7. The summed E-state index contributed by atoms with van der Waals surface area (Å²) in [6.45, 7) is 4.10. The predicted molar refractivity (Wildman–Crippen MR) is 106 cm³/mol. The lowest BCUT2D eigenvalue weighted by molar-refractivity contribution is -0.119. The van der Waals surface area contributed by atoms with E-state index >= 15 is 0 Å². The van der Waals surface area contributed by atoms with Gasteiger partial charge in [0.2, 0.25) is 15.9 Å². The number of nitrogens with one attached hydrogen (secondary N) is 1. The van der Waals surface area contributed by atoms with Crippen molar-refractivity contribution in [1.29, 1.82) is 5.26 Å². The zero-order chi connectivity index (χ0) is 20.4. The van der Waals surface area contributed by atoms with Crippen LogP contribution in [0.1, 0.15) is 19.8 Å². The van der Waals surface area contributed by atoms with Crippen molar-refractivity contribution in [2.45, 2.75) is 35.2 Å². The van der Waals surface area contributed by atoms with Gasteiger partial charge >= 0.3 is 0 Å². The molecule has 0 aromatic carbocycles. The van der Waals surface area contributed by atoms with E-state index in [1.807, 2.05) is 7.05 Å². The molecule has 2 fully saturated rings. The molecule has 1 aliphatic carbocycles. The van der Waals surface area contributed by atoms with E-state index in [1.54, 1.807) is 13.0 Å². The number of rotatable bonds is 7. The van der Waals surface area contributed by atoms with E-state index in [-0.39, 0.29) is 22.5 Å². The Hall–Kier alpha value is -1.67. The molecule has 2 heterocycles. The van der Waals surface area contributed by atoms with Crippen LogP contribution in [0.5, 0.6) is 0 Å². The van der Waals surface area contributed by atoms with E-state index < -0.39 is 15.6 Å². The fraction of sp³-hybridized carbons (Fsp3) is 0.611. The first kappa shape index (κ1) is 21.0. The molecular weight excluding hydrogens is 398 g/mol. The highest BCUT2D eigenvalue weighted by molar-refractivity contribution is 7.99. The zero-order valence-corrected chi connectivity index (χ0v) is 17.7. The van der Waals surface area contributed by atoms with Crippen LogP contribution in [-0.4, -0.2) is 73.0 Å².